The molecular weight excluding hydrogens is 488 g/mol. The van der Waals surface area contributed by atoms with Gasteiger partial charge in [-0.3, -0.25) is 14.6 Å². The van der Waals surface area contributed by atoms with Gasteiger partial charge in [-0.05, 0) is 78.1 Å². The number of aryl methyl sites for hydroxylation is 1. The number of halogens is 1. The van der Waals surface area contributed by atoms with Crippen LogP contribution >= 0.6 is 11.6 Å². The number of carbonyl (C=O) groups excluding carboxylic acids is 2. The number of hydrogen-bond acceptors (Lipinski definition) is 5. The maximum absolute atomic E-state index is 13.9. The molecule has 0 spiro atoms. The lowest BCUT2D eigenvalue weighted by atomic mass is 9.93. The van der Waals surface area contributed by atoms with Gasteiger partial charge in [-0.25, -0.2) is 0 Å². The number of hydrogen-bond donors (Lipinski definition) is 3. The van der Waals surface area contributed by atoms with Gasteiger partial charge in [0.05, 0.1) is 11.1 Å². The molecule has 0 fully saturated rings. The molecule has 4 rings (SSSR count). The van der Waals surface area contributed by atoms with E-state index in [0.717, 1.165) is 17.5 Å². The molecule has 1 heterocycles. The lowest BCUT2D eigenvalue weighted by Gasteiger charge is -2.23. The van der Waals surface area contributed by atoms with E-state index in [-0.39, 0.29) is 23.3 Å². The highest BCUT2D eigenvalue weighted by Gasteiger charge is 2.23. The fraction of sp³-hybridized carbons (Fsp3) is 0.207. The lowest BCUT2D eigenvalue weighted by molar-refractivity contribution is 0.0788. The zero-order chi connectivity index (χ0) is 26.9. The first kappa shape index (κ1) is 26.1. The summed E-state index contributed by atoms with van der Waals surface area (Å²) in [7, 11) is 1.73. The van der Waals surface area contributed by atoms with Crippen LogP contribution in [-0.4, -0.2) is 46.4 Å². The zero-order valence-corrected chi connectivity index (χ0v) is 21.7. The van der Waals surface area contributed by atoms with Crippen LogP contribution < -0.4 is 11.5 Å². The van der Waals surface area contributed by atoms with E-state index in [2.05, 4.69) is 4.98 Å². The summed E-state index contributed by atoms with van der Waals surface area (Å²) < 4.78 is 0. The molecule has 1 atom stereocenters. The predicted molar refractivity (Wildman–Crippen MR) is 148 cm³/mol. The van der Waals surface area contributed by atoms with Gasteiger partial charge in [0.1, 0.15) is 5.75 Å². The second-order valence-electron chi connectivity index (χ2n) is 9.28. The number of aromatic hydroxyl groups is 1. The maximum Gasteiger partial charge on any atom is 0.255 e. The number of carbonyl (C=O) groups is 2. The minimum Gasteiger partial charge on any atom is -0.508 e. The van der Waals surface area contributed by atoms with E-state index in [1.807, 2.05) is 44.2 Å². The summed E-state index contributed by atoms with van der Waals surface area (Å²) in [6.45, 7) is 4.31. The zero-order valence-electron chi connectivity index (χ0n) is 21.0. The van der Waals surface area contributed by atoms with Crippen molar-refractivity contribution >= 4 is 34.3 Å². The highest BCUT2D eigenvalue weighted by Crippen LogP contribution is 2.35. The largest absolute Gasteiger partial charge is 0.508 e. The van der Waals surface area contributed by atoms with Crippen molar-refractivity contribution in [1.29, 1.82) is 0 Å². The van der Waals surface area contributed by atoms with E-state index in [0.29, 0.717) is 44.7 Å². The van der Waals surface area contributed by atoms with Gasteiger partial charge in [0.2, 0.25) is 5.91 Å². The highest BCUT2D eigenvalue weighted by atomic mass is 35.5. The molecule has 0 aliphatic carbocycles. The molecule has 3 aromatic carbocycles. The summed E-state index contributed by atoms with van der Waals surface area (Å²) in [5.41, 5.74) is 16.5. The number of phenols is 1. The smallest absolute Gasteiger partial charge is 0.255 e. The highest BCUT2D eigenvalue weighted by molar-refractivity contribution is 6.31. The van der Waals surface area contributed by atoms with Crippen LogP contribution in [0.3, 0.4) is 0 Å². The Morgan fingerprint density at radius 1 is 1.05 bits per heavy atom. The van der Waals surface area contributed by atoms with E-state index < -0.39 is 5.91 Å². The molecule has 4 aromatic rings. The first-order chi connectivity index (χ1) is 17.6. The Hall–Kier alpha value is -3.94. The second-order valence-corrected chi connectivity index (χ2v) is 9.72. The maximum atomic E-state index is 13.9. The average Bonchev–Trinajstić information content (AvgIpc) is 2.86. The number of fused-ring (bicyclic) bond motifs is 1. The van der Waals surface area contributed by atoms with Crippen molar-refractivity contribution in [3.8, 4) is 28.0 Å². The molecule has 190 valence electrons. The molecule has 37 heavy (non-hydrogen) atoms. The van der Waals surface area contributed by atoms with Gasteiger partial charge >= 0.3 is 0 Å². The van der Waals surface area contributed by atoms with Crippen LogP contribution in [0.5, 0.6) is 5.75 Å². The van der Waals surface area contributed by atoms with E-state index in [4.69, 9.17) is 23.1 Å². The SMILES string of the molecule is CCC(N)CN(C)C(=O)c1c(-c2cc(C)cc(Cl)c2)cnc2ccc(-c3cc(O)cc(C(N)=O)c3)cc12. The molecule has 0 radical (unpaired) electrons. The number of nitrogens with two attached hydrogens (primary N) is 2. The summed E-state index contributed by atoms with van der Waals surface area (Å²) >= 11 is 6.37. The van der Waals surface area contributed by atoms with E-state index >= 15 is 0 Å². The van der Waals surface area contributed by atoms with E-state index in [1.165, 1.54) is 6.07 Å². The third-order valence-corrected chi connectivity index (χ3v) is 6.57. The van der Waals surface area contributed by atoms with Crippen molar-refractivity contribution in [2.24, 2.45) is 11.5 Å². The van der Waals surface area contributed by atoms with Gasteiger partial charge in [-0.1, -0.05) is 30.7 Å². The first-order valence-electron chi connectivity index (χ1n) is 11.9. The number of likely N-dealkylation sites (N-methyl/N-ethyl adjacent to an activating group) is 1. The number of pyridine rings is 1. The number of rotatable bonds is 7. The lowest BCUT2D eigenvalue weighted by Crippen LogP contribution is -2.38. The molecule has 0 saturated carbocycles. The van der Waals surface area contributed by atoms with Crippen molar-refractivity contribution in [1.82, 2.24) is 9.88 Å². The van der Waals surface area contributed by atoms with Crippen LogP contribution in [0.25, 0.3) is 33.2 Å². The molecular formula is C29H29ClN4O3. The molecule has 8 heteroatoms. The minimum atomic E-state index is -0.650. The average molecular weight is 517 g/mol. The van der Waals surface area contributed by atoms with Crippen molar-refractivity contribution in [3.05, 3.63) is 82.5 Å². The number of amides is 2. The van der Waals surface area contributed by atoms with Crippen LogP contribution in [0.1, 0.15) is 39.6 Å². The summed E-state index contributed by atoms with van der Waals surface area (Å²) in [6, 6.07) is 15.4. The molecule has 0 saturated heterocycles. The molecule has 0 aliphatic rings. The Labute approximate surface area is 220 Å². The number of phenolic OH excluding ortho intramolecular Hbond substituents is 1. The quantitative estimate of drug-likeness (QED) is 0.313. The van der Waals surface area contributed by atoms with Crippen molar-refractivity contribution < 1.29 is 14.7 Å². The van der Waals surface area contributed by atoms with Crippen LogP contribution in [0.2, 0.25) is 5.02 Å². The Kier molecular flexibility index (Phi) is 7.47. The van der Waals surface area contributed by atoms with Gasteiger partial charge < -0.3 is 21.5 Å². The van der Waals surface area contributed by atoms with Crippen LogP contribution in [0.4, 0.5) is 0 Å². The van der Waals surface area contributed by atoms with E-state index in [1.54, 1.807) is 36.3 Å². The fourth-order valence-electron chi connectivity index (χ4n) is 4.39. The van der Waals surface area contributed by atoms with E-state index in [9.17, 15) is 14.7 Å². The molecule has 1 aromatic heterocycles. The van der Waals surface area contributed by atoms with Crippen LogP contribution in [0.15, 0.2) is 60.8 Å². The van der Waals surface area contributed by atoms with Gasteiger partial charge in [-0.2, -0.15) is 0 Å². The standard InChI is InChI=1S/C29H29ClN4O3/c1-4-22(31)15-34(3)29(37)27-24-13-17(18-9-20(28(32)36)12-23(35)11-18)5-6-26(24)33-14-25(27)19-7-16(2)8-21(30)10-19/h5-14,22,35H,4,15,31H2,1-3H3,(H2,32,36). The fourth-order valence-corrected chi connectivity index (χ4v) is 4.68. The molecule has 2 amide bonds. The molecule has 0 bridgehead atoms. The molecule has 0 aliphatic heterocycles. The molecule has 1 unspecified atom stereocenters. The van der Waals surface area contributed by atoms with Crippen LogP contribution in [0, 0.1) is 6.92 Å². The Morgan fingerprint density at radius 2 is 1.81 bits per heavy atom. The monoisotopic (exact) mass is 516 g/mol. The summed E-state index contributed by atoms with van der Waals surface area (Å²) in [5, 5.41) is 11.4. The van der Waals surface area contributed by atoms with Crippen molar-refractivity contribution in [2.75, 3.05) is 13.6 Å². The summed E-state index contributed by atoms with van der Waals surface area (Å²) in [6.07, 6.45) is 2.42. The normalized spacial score (nSPS) is 11.9. The predicted octanol–water partition coefficient (Wildman–Crippen LogP) is 5.14. The Balaban J connectivity index is 1.98. The van der Waals surface area contributed by atoms with Gasteiger partial charge in [0.25, 0.3) is 5.91 Å². The molecule has 5 N–H and O–H groups in total. The topological polar surface area (TPSA) is 123 Å². The van der Waals surface area contributed by atoms with Gasteiger partial charge in [-0.15, -0.1) is 0 Å². The summed E-state index contributed by atoms with van der Waals surface area (Å²) in [5.74, 6) is -0.935. The molecule has 7 nitrogen and oxygen atoms in total. The number of nitrogens with zero attached hydrogens (tertiary/aromatic N) is 2. The Bertz CT molecular complexity index is 1500. The van der Waals surface area contributed by atoms with Gasteiger partial charge in [0.15, 0.2) is 0 Å². The van der Waals surface area contributed by atoms with Gasteiger partial charge in [0, 0.05) is 47.4 Å². The Morgan fingerprint density at radius 3 is 2.49 bits per heavy atom. The second kappa shape index (κ2) is 10.6. The summed E-state index contributed by atoms with van der Waals surface area (Å²) in [4.78, 5) is 31.9. The third kappa shape index (κ3) is 5.58. The van der Waals surface area contributed by atoms with Crippen molar-refractivity contribution in [2.45, 2.75) is 26.3 Å². The van der Waals surface area contributed by atoms with Crippen molar-refractivity contribution in [3.63, 3.8) is 0 Å². The number of benzene rings is 3. The minimum absolute atomic E-state index is 0.0859. The third-order valence-electron chi connectivity index (χ3n) is 6.35. The number of primary amides is 1. The van der Waals surface area contributed by atoms with Crippen LogP contribution in [-0.2, 0) is 0 Å². The first-order valence-corrected chi connectivity index (χ1v) is 12.3. The number of aromatic nitrogens is 1.